The van der Waals surface area contributed by atoms with Crippen LogP contribution in [0, 0.1) is 6.92 Å². The van der Waals surface area contributed by atoms with Gasteiger partial charge in [-0.3, -0.25) is 9.59 Å². The van der Waals surface area contributed by atoms with Gasteiger partial charge in [-0.25, -0.2) is 0 Å². The molecule has 0 saturated carbocycles. The van der Waals surface area contributed by atoms with E-state index in [4.69, 9.17) is 9.47 Å². The molecule has 7 heteroatoms. The Kier molecular flexibility index (Phi) is 8.33. The van der Waals surface area contributed by atoms with E-state index < -0.39 is 0 Å². The quantitative estimate of drug-likeness (QED) is 0.642. The molecule has 0 aliphatic carbocycles. The number of amides is 2. The summed E-state index contributed by atoms with van der Waals surface area (Å²) in [7, 11) is 1.53. The van der Waals surface area contributed by atoms with Crippen LogP contribution in [0.4, 0.5) is 11.4 Å². The molecule has 156 valence electrons. The van der Waals surface area contributed by atoms with Gasteiger partial charge in [-0.05, 0) is 56.7 Å². The number of methoxy groups -OCH3 is 1. The average Bonchev–Trinajstić information content (AvgIpc) is 2.73. The maximum atomic E-state index is 12.2. The molecule has 7 nitrogen and oxygen atoms in total. The molecule has 0 atom stereocenters. The van der Waals surface area contributed by atoms with Gasteiger partial charge in [-0.15, -0.1) is 0 Å². The van der Waals surface area contributed by atoms with Crippen molar-refractivity contribution in [2.24, 2.45) is 0 Å². The van der Waals surface area contributed by atoms with Crippen molar-refractivity contribution in [2.75, 3.05) is 43.6 Å². The number of hydrogen-bond acceptors (Lipinski definition) is 5. The summed E-state index contributed by atoms with van der Waals surface area (Å²) < 4.78 is 10.6. The van der Waals surface area contributed by atoms with Crippen molar-refractivity contribution >= 4 is 23.2 Å². The molecule has 2 aromatic rings. The van der Waals surface area contributed by atoms with Crippen LogP contribution in [0.2, 0.25) is 0 Å². The van der Waals surface area contributed by atoms with E-state index in [1.54, 1.807) is 18.2 Å². The summed E-state index contributed by atoms with van der Waals surface area (Å²) in [5, 5.41) is 5.38. The molecule has 0 unspecified atom stereocenters. The Bertz CT molecular complexity index is 835. The Morgan fingerprint density at radius 3 is 2.31 bits per heavy atom. The van der Waals surface area contributed by atoms with Crippen molar-refractivity contribution in [3.8, 4) is 11.5 Å². The van der Waals surface area contributed by atoms with Crippen LogP contribution >= 0.6 is 0 Å². The van der Waals surface area contributed by atoms with Gasteiger partial charge in [0.25, 0.3) is 5.91 Å². The summed E-state index contributed by atoms with van der Waals surface area (Å²) in [4.78, 5) is 26.4. The van der Waals surface area contributed by atoms with Crippen LogP contribution in [-0.4, -0.2) is 45.2 Å². The van der Waals surface area contributed by atoms with Crippen molar-refractivity contribution in [3.63, 3.8) is 0 Å². The fourth-order valence-corrected chi connectivity index (χ4v) is 2.88. The Morgan fingerprint density at radius 2 is 1.69 bits per heavy atom. The molecule has 2 amide bonds. The van der Waals surface area contributed by atoms with Crippen molar-refractivity contribution < 1.29 is 19.1 Å². The second kappa shape index (κ2) is 10.9. The van der Waals surface area contributed by atoms with E-state index in [2.05, 4.69) is 29.4 Å². The molecule has 0 aliphatic heterocycles. The largest absolute Gasteiger partial charge is 0.493 e. The monoisotopic (exact) mass is 399 g/mol. The van der Waals surface area contributed by atoms with Crippen molar-refractivity contribution in [1.82, 2.24) is 5.32 Å². The predicted octanol–water partition coefficient (Wildman–Crippen LogP) is 2.98. The summed E-state index contributed by atoms with van der Waals surface area (Å²) >= 11 is 0. The summed E-state index contributed by atoms with van der Waals surface area (Å²) in [6, 6.07) is 13.0. The number of rotatable bonds is 10. The van der Waals surface area contributed by atoms with Crippen LogP contribution in [-0.2, 0) is 9.59 Å². The lowest BCUT2D eigenvalue weighted by Gasteiger charge is -2.22. The number of para-hydroxylation sites is 2. The minimum absolute atomic E-state index is 0.134. The molecule has 0 spiro atoms. The Hall–Kier alpha value is -3.22. The van der Waals surface area contributed by atoms with Gasteiger partial charge in [-0.2, -0.15) is 0 Å². The standard InChI is InChI=1S/C22H29N3O4/c1-5-25(6-2)17-11-12-18(16(3)13-17)24-21(26)14-23-22(27)15-29-20-10-8-7-9-19(20)28-4/h7-13H,5-6,14-15H2,1-4H3,(H,23,27)(H,24,26). The van der Waals surface area contributed by atoms with Crippen LogP contribution in [0.1, 0.15) is 19.4 Å². The predicted molar refractivity (Wildman–Crippen MR) is 115 cm³/mol. The topological polar surface area (TPSA) is 79.9 Å². The zero-order valence-electron chi connectivity index (χ0n) is 17.5. The smallest absolute Gasteiger partial charge is 0.258 e. The van der Waals surface area contributed by atoms with E-state index in [9.17, 15) is 9.59 Å². The number of nitrogens with zero attached hydrogens (tertiary/aromatic N) is 1. The molecule has 0 radical (unpaired) electrons. The van der Waals surface area contributed by atoms with Crippen LogP contribution in [0.15, 0.2) is 42.5 Å². The van der Waals surface area contributed by atoms with Gasteiger partial charge in [0.05, 0.1) is 13.7 Å². The maximum Gasteiger partial charge on any atom is 0.258 e. The lowest BCUT2D eigenvalue weighted by molar-refractivity contribution is -0.125. The summed E-state index contributed by atoms with van der Waals surface area (Å²) in [5.74, 6) is 0.328. The second-order valence-electron chi connectivity index (χ2n) is 6.44. The highest BCUT2D eigenvalue weighted by Crippen LogP contribution is 2.25. The summed E-state index contributed by atoms with van der Waals surface area (Å²) in [6.07, 6.45) is 0. The number of benzene rings is 2. The van der Waals surface area contributed by atoms with Gasteiger partial charge >= 0.3 is 0 Å². The van der Waals surface area contributed by atoms with Crippen LogP contribution in [0.3, 0.4) is 0 Å². The number of hydrogen-bond donors (Lipinski definition) is 2. The van der Waals surface area contributed by atoms with Crippen molar-refractivity contribution in [3.05, 3.63) is 48.0 Å². The number of anilines is 2. The van der Waals surface area contributed by atoms with E-state index in [1.807, 2.05) is 31.2 Å². The highest BCUT2D eigenvalue weighted by molar-refractivity contribution is 5.95. The van der Waals surface area contributed by atoms with Crippen molar-refractivity contribution in [2.45, 2.75) is 20.8 Å². The number of carbonyl (C=O) groups excluding carboxylic acids is 2. The van der Waals surface area contributed by atoms with Gasteiger partial charge in [0.1, 0.15) is 0 Å². The Balaban J connectivity index is 1.82. The molecule has 0 aliphatic rings. The van der Waals surface area contributed by atoms with E-state index in [1.165, 1.54) is 7.11 Å². The second-order valence-corrected chi connectivity index (χ2v) is 6.44. The lowest BCUT2D eigenvalue weighted by atomic mass is 10.1. The molecule has 29 heavy (non-hydrogen) atoms. The maximum absolute atomic E-state index is 12.2. The minimum atomic E-state index is -0.389. The minimum Gasteiger partial charge on any atom is -0.493 e. The van der Waals surface area contributed by atoms with Crippen molar-refractivity contribution in [1.29, 1.82) is 0 Å². The van der Waals surface area contributed by atoms with Crippen LogP contribution in [0.25, 0.3) is 0 Å². The normalized spacial score (nSPS) is 10.2. The molecule has 0 bridgehead atoms. The van der Waals surface area contributed by atoms with E-state index in [0.29, 0.717) is 11.5 Å². The third-order valence-corrected chi connectivity index (χ3v) is 4.49. The zero-order valence-corrected chi connectivity index (χ0v) is 17.5. The molecular weight excluding hydrogens is 370 g/mol. The molecule has 2 aromatic carbocycles. The van der Waals surface area contributed by atoms with Gasteiger partial charge in [-0.1, -0.05) is 12.1 Å². The van der Waals surface area contributed by atoms with E-state index in [0.717, 1.165) is 30.0 Å². The Morgan fingerprint density at radius 1 is 1.00 bits per heavy atom. The molecule has 0 saturated heterocycles. The summed E-state index contributed by atoms with van der Waals surface area (Å²) in [6.45, 7) is 7.66. The Labute approximate surface area is 172 Å². The van der Waals surface area contributed by atoms with Gasteiger partial charge in [0, 0.05) is 24.5 Å². The first-order valence-corrected chi connectivity index (χ1v) is 9.66. The molecule has 0 aromatic heterocycles. The number of carbonyl (C=O) groups is 2. The number of ether oxygens (including phenoxy) is 2. The molecule has 2 rings (SSSR count). The third-order valence-electron chi connectivity index (χ3n) is 4.49. The van der Waals surface area contributed by atoms with E-state index >= 15 is 0 Å². The average molecular weight is 399 g/mol. The SMILES string of the molecule is CCN(CC)c1ccc(NC(=O)CNC(=O)COc2ccccc2OC)c(C)c1. The van der Waals surface area contributed by atoms with Gasteiger partial charge in [0.15, 0.2) is 18.1 Å². The lowest BCUT2D eigenvalue weighted by Crippen LogP contribution is -2.35. The highest BCUT2D eigenvalue weighted by Gasteiger charge is 2.11. The van der Waals surface area contributed by atoms with E-state index in [-0.39, 0.29) is 25.0 Å². The van der Waals surface area contributed by atoms with Gasteiger partial charge in [0.2, 0.25) is 5.91 Å². The number of aryl methyl sites for hydroxylation is 1. The fraction of sp³-hybridized carbons (Fsp3) is 0.364. The highest BCUT2D eigenvalue weighted by atomic mass is 16.5. The van der Waals surface area contributed by atoms with Crippen LogP contribution in [0.5, 0.6) is 11.5 Å². The zero-order chi connectivity index (χ0) is 21.2. The third kappa shape index (κ3) is 6.41. The number of nitrogens with one attached hydrogen (secondary N) is 2. The molecule has 0 fully saturated rings. The molecule has 2 N–H and O–H groups in total. The molecular formula is C22H29N3O4. The van der Waals surface area contributed by atoms with Gasteiger partial charge < -0.3 is 25.0 Å². The first-order valence-electron chi connectivity index (χ1n) is 9.66. The first kappa shape index (κ1) is 22.1. The molecule has 0 heterocycles. The fourth-order valence-electron chi connectivity index (χ4n) is 2.88. The summed E-state index contributed by atoms with van der Waals surface area (Å²) in [5.41, 5.74) is 2.81. The van der Waals surface area contributed by atoms with Crippen LogP contribution < -0.4 is 25.0 Å². The first-order chi connectivity index (χ1) is 14.0.